The van der Waals surface area contributed by atoms with Crippen LogP contribution in [0.2, 0.25) is 0 Å². The number of hydrogen-bond acceptors (Lipinski definition) is 5. The van der Waals surface area contributed by atoms with Crippen molar-refractivity contribution < 1.29 is 14.3 Å². The SMILES string of the molecule is COCCN(C)C(=O)c1cnc(-c2ccc(OC)cc2)s1. The summed E-state index contributed by atoms with van der Waals surface area (Å²) in [4.78, 5) is 18.8. The van der Waals surface area contributed by atoms with Gasteiger partial charge < -0.3 is 14.4 Å². The molecule has 112 valence electrons. The Bertz CT molecular complexity index is 595. The zero-order valence-electron chi connectivity index (χ0n) is 12.3. The van der Waals surface area contributed by atoms with Crippen molar-refractivity contribution in [2.24, 2.45) is 0 Å². The van der Waals surface area contributed by atoms with Gasteiger partial charge in [0.1, 0.15) is 15.6 Å². The lowest BCUT2D eigenvalue weighted by Crippen LogP contribution is -2.29. The molecule has 1 aromatic carbocycles. The van der Waals surface area contributed by atoms with Crippen molar-refractivity contribution in [3.8, 4) is 16.3 Å². The first-order valence-corrected chi connectivity index (χ1v) is 7.32. The van der Waals surface area contributed by atoms with Crippen LogP contribution in [0.3, 0.4) is 0 Å². The Hall–Kier alpha value is -1.92. The molecule has 0 saturated carbocycles. The predicted molar refractivity (Wildman–Crippen MR) is 82.9 cm³/mol. The van der Waals surface area contributed by atoms with Crippen LogP contribution in [0.25, 0.3) is 10.6 Å². The van der Waals surface area contributed by atoms with Crippen LogP contribution in [0.5, 0.6) is 5.75 Å². The van der Waals surface area contributed by atoms with Gasteiger partial charge in [-0.1, -0.05) is 0 Å². The number of rotatable bonds is 6. The van der Waals surface area contributed by atoms with E-state index in [2.05, 4.69) is 4.98 Å². The number of carbonyl (C=O) groups excluding carboxylic acids is 1. The molecule has 0 N–H and O–H groups in total. The van der Waals surface area contributed by atoms with E-state index in [1.54, 1.807) is 32.4 Å². The highest BCUT2D eigenvalue weighted by Crippen LogP contribution is 2.27. The summed E-state index contributed by atoms with van der Waals surface area (Å²) in [7, 11) is 5.01. The molecule has 0 aliphatic rings. The largest absolute Gasteiger partial charge is 0.497 e. The number of aromatic nitrogens is 1. The van der Waals surface area contributed by atoms with Gasteiger partial charge in [-0.2, -0.15) is 0 Å². The number of nitrogens with zero attached hydrogens (tertiary/aromatic N) is 2. The Morgan fingerprint density at radius 3 is 2.62 bits per heavy atom. The number of benzene rings is 1. The quantitative estimate of drug-likeness (QED) is 0.823. The Morgan fingerprint density at radius 2 is 2.00 bits per heavy atom. The molecule has 0 saturated heterocycles. The van der Waals surface area contributed by atoms with Gasteiger partial charge in [-0.05, 0) is 24.3 Å². The smallest absolute Gasteiger partial charge is 0.265 e. The highest BCUT2D eigenvalue weighted by Gasteiger charge is 2.15. The van der Waals surface area contributed by atoms with Crippen molar-refractivity contribution in [3.05, 3.63) is 35.3 Å². The van der Waals surface area contributed by atoms with Gasteiger partial charge in [0.05, 0.1) is 19.9 Å². The number of methoxy groups -OCH3 is 2. The molecule has 0 unspecified atom stereocenters. The Labute approximate surface area is 128 Å². The van der Waals surface area contributed by atoms with Crippen LogP contribution in [0.4, 0.5) is 0 Å². The molecule has 0 radical (unpaired) electrons. The second-order valence-corrected chi connectivity index (χ2v) is 5.51. The van der Waals surface area contributed by atoms with E-state index < -0.39 is 0 Å². The standard InChI is InChI=1S/C15H18N2O3S/c1-17(8-9-19-2)15(18)13-10-16-14(21-13)11-4-6-12(20-3)7-5-11/h4-7,10H,8-9H2,1-3H3. The fraction of sp³-hybridized carbons (Fsp3) is 0.333. The zero-order valence-corrected chi connectivity index (χ0v) is 13.1. The van der Waals surface area contributed by atoms with Gasteiger partial charge in [-0.3, -0.25) is 4.79 Å². The molecule has 2 rings (SSSR count). The molecular formula is C15H18N2O3S. The molecule has 1 aromatic heterocycles. The first kappa shape index (κ1) is 15.5. The lowest BCUT2D eigenvalue weighted by molar-refractivity contribution is 0.0748. The van der Waals surface area contributed by atoms with Gasteiger partial charge in [-0.25, -0.2) is 4.98 Å². The summed E-state index contributed by atoms with van der Waals surface area (Å²) in [6.45, 7) is 1.08. The van der Waals surface area contributed by atoms with E-state index in [0.29, 0.717) is 18.0 Å². The predicted octanol–water partition coefficient (Wildman–Crippen LogP) is 2.54. The van der Waals surface area contributed by atoms with Crippen LogP contribution in [0, 0.1) is 0 Å². The van der Waals surface area contributed by atoms with Crippen LogP contribution in [0.1, 0.15) is 9.67 Å². The Kier molecular flexibility index (Phi) is 5.30. The van der Waals surface area contributed by atoms with Gasteiger partial charge in [0, 0.05) is 26.3 Å². The minimum Gasteiger partial charge on any atom is -0.497 e. The number of ether oxygens (including phenoxy) is 2. The monoisotopic (exact) mass is 306 g/mol. The molecule has 5 nitrogen and oxygen atoms in total. The average Bonchev–Trinajstić information content (AvgIpc) is 3.01. The van der Waals surface area contributed by atoms with Crippen molar-refractivity contribution in [3.63, 3.8) is 0 Å². The van der Waals surface area contributed by atoms with E-state index in [9.17, 15) is 4.79 Å². The van der Waals surface area contributed by atoms with Gasteiger partial charge in [0.2, 0.25) is 0 Å². The Morgan fingerprint density at radius 1 is 1.29 bits per heavy atom. The van der Waals surface area contributed by atoms with Crippen LogP contribution in [-0.2, 0) is 4.74 Å². The molecule has 21 heavy (non-hydrogen) atoms. The minimum absolute atomic E-state index is 0.0377. The van der Waals surface area contributed by atoms with Gasteiger partial charge in [0.25, 0.3) is 5.91 Å². The number of hydrogen-bond donors (Lipinski definition) is 0. The third kappa shape index (κ3) is 3.80. The second-order valence-electron chi connectivity index (χ2n) is 4.48. The molecule has 0 atom stereocenters. The summed E-state index contributed by atoms with van der Waals surface area (Å²) in [6.07, 6.45) is 1.62. The molecule has 0 bridgehead atoms. The maximum Gasteiger partial charge on any atom is 0.265 e. The zero-order chi connectivity index (χ0) is 15.2. The lowest BCUT2D eigenvalue weighted by atomic mass is 10.2. The number of likely N-dealkylation sites (N-methyl/N-ethyl adjacent to an activating group) is 1. The first-order chi connectivity index (χ1) is 10.2. The molecule has 6 heteroatoms. The highest BCUT2D eigenvalue weighted by atomic mass is 32.1. The molecular weight excluding hydrogens is 288 g/mol. The number of carbonyl (C=O) groups is 1. The van der Waals surface area contributed by atoms with Gasteiger partial charge in [0.15, 0.2) is 0 Å². The van der Waals surface area contributed by atoms with E-state index >= 15 is 0 Å². The molecule has 0 spiro atoms. The highest BCUT2D eigenvalue weighted by molar-refractivity contribution is 7.16. The maximum atomic E-state index is 12.2. The molecule has 1 heterocycles. The molecule has 0 aliphatic carbocycles. The summed E-state index contributed by atoms with van der Waals surface area (Å²) in [5.74, 6) is 0.759. The van der Waals surface area contributed by atoms with E-state index in [1.165, 1.54) is 11.3 Å². The third-order valence-electron chi connectivity index (χ3n) is 3.03. The minimum atomic E-state index is -0.0377. The maximum absolute atomic E-state index is 12.2. The summed E-state index contributed by atoms with van der Waals surface area (Å²) in [5, 5.41) is 0.821. The molecule has 2 aromatic rings. The van der Waals surface area contributed by atoms with E-state index in [1.807, 2.05) is 24.3 Å². The summed E-state index contributed by atoms with van der Waals surface area (Å²) in [6, 6.07) is 7.62. The van der Waals surface area contributed by atoms with Crippen molar-refractivity contribution in [1.82, 2.24) is 9.88 Å². The fourth-order valence-corrected chi connectivity index (χ4v) is 2.67. The van der Waals surface area contributed by atoms with Crippen molar-refractivity contribution >= 4 is 17.2 Å². The summed E-state index contributed by atoms with van der Waals surface area (Å²) >= 11 is 1.39. The van der Waals surface area contributed by atoms with Gasteiger partial charge in [-0.15, -0.1) is 11.3 Å². The molecule has 0 aliphatic heterocycles. The normalized spacial score (nSPS) is 10.4. The van der Waals surface area contributed by atoms with Crippen LogP contribution in [-0.4, -0.2) is 50.2 Å². The van der Waals surface area contributed by atoms with Crippen molar-refractivity contribution in [1.29, 1.82) is 0 Å². The topological polar surface area (TPSA) is 51.7 Å². The van der Waals surface area contributed by atoms with Gasteiger partial charge >= 0.3 is 0 Å². The third-order valence-corrected chi connectivity index (χ3v) is 4.07. The summed E-state index contributed by atoms with van der Waals surface area (Å²) in [5.41, 5.74) is 0.972. The molecule has 0 fully saturated rings. The number of amides is 1. The first-order valence-electron chi connectivity index (χ1n) is 6.50. The van der Waals surface area contributed by atoms with Crippen LogP contribution >= 0.6 is 11.3 Å². The van der Waals surface area contributed by atoms with E-state index in [-0.39, 0.29) is 5.91 Å². The van der Waals surface area contributed by atoms with Crippen LogP contribution in [0.15, 0.2) is 30.5 Å². The van der Waals surface area contributed by atoms with E-state index in [0.717, 1.165) is 16.3 Å². The van der Waals surface area contributed by atoms with Crippen molar-refractivity contribution in [2.45, 2.75) is 0 Å². The Balaban J connectivity index is 2.11. The second kappa shape index (κ2) is 7.19. The lowest BCUT2D eigenvalue weighted by Gasteiger charge is -2.14. The van der Waals surface area contributed by atoms with Crippen LogP contribution < -0.4 is 4.74 Å². The molecule has 1 amide bonds. The summed E-state index contributed by atoms with van der Waals surface area (Å²) < 4.78 is 10.1. The fourth-order valence-electron chi connectivity index (χ4n) is 1.76. The van der Waals surface area contributed by atoms with Crippen molar-refractivity contribution in [2.75, 3.05) is 34.4 Å². The number of thiazole rings is 1. The average molecular weight is 306 g/mol. The van der Waals surface area contributed by atoms with E-state index in [4.69, 9.17) is 9.47 Å².